The van der Waals surface area contributed by atoms with E-state index in [1.54, 1.807) is 11.3 Å². The van der Waals surface area contributed by atoms with Crippen LogP contribution in [0.5, 0.6) is 0 Å². The minimum absolute atomic E-state index is 0.0338. The van der Waals surface area contributed by atoms with Gasteiger partial charge in [-0.15, -0.1) is 0 Å². The Morgan fingerprint density at radius 3 is 2.47 bits per heavy atom. The van der Waals surface area contributed by atoms with Gasteiger partial charge in [-0.2, -0.15) is 5.10 Å². The van der Waals surface area contributed by atoms with Crippen molar-refractivity contribution in [2.24, 2.45) is 7.05 Å². The maximum atomic E-state index is 13.5. The predicted molar refractivity (Wildman–Crippen MR) is 123 cm³/mol. The zero-order valence-corrected chi connectivity index (χ0v) is 18.9. The van der Waals surface area contributed by atoms with Crippen molar-refractivity contribution in [1.82, 2.24) is 14.8 Å². The lowest BCUT2D eigenvalue weighted by Crippen LogP contribution is -2.32. The Kier molecular flexibility index (Phi) is 5.43. The summed E-state index contributed by atoms with van der Waals surface area (Å²) in [6, 6.07) is 14.3. The molecular weight excluding hydrogens is 392 g/mol. The Balaban J connectivity index is 1.74. The highest BCUT2D eigenvalue weighted by atomic mass is 32.1. The van der Waals surface area contributed by atoms with Crippen molar-refractivity contribution in [3.8, 4) is 0 Å². The highest BCUT2D eigenvalue weighted by molar-refractivity contribution is 7.22. The van der Waals surface area contributed by atoms with E-state index in [-0.39, 0.29) is 5.91 Å². The van der Waals surface area contributed by atoms with Gasteiger partial charge in [0.25, 0.3) is 0 Å². The van der Waals surface area contributed by atoms with Gasteiger partial charge < -0.3 is 0 Å². The normalized spacial score (nSPS) is 11.2. The summed E-state index contributed by atoms with van der Waals surface area (Å²) in [4.78, 5) is 20.2. The van der Waals surface area contributed by atoms with Gasteiger partial charge in [0.2, 0.25) is 5.91 Å². The first-order valence-electron chi connectivity index (χ1n) is 10.0. The van der Waals surface area contributed by atoms with Gasteiger partial charge >= 0.3 is 0 Å². The lowest BCUT2D eigenvalue weighted by molar-refractivity contribution is -0.118. The molecule has 0 aliphatic rings. The number of amides is 1. The molecule has 1 amide bonds. The molecule has 0 saturated heterocycles. The molecular formula is C24H26N4OS. The van der Waals surface area contributed by atoms with E-state index in [0.717, 1.165) is 37.9 Å². The summed E-state index contributed by atoms with van der Waals surface area (Å²) < 4.78 is 2.94. The van der Waals surface area contributed by atoms with Crippen molar-refractivity contribution in [2.45, 2.75) is 40.7 Å². The standard InChI is InChI=1S/C24H26N4OS/c1-15-11-12-21-23(16(15)2)25-24(30-21)28(14-19-9-7-6-8-10-19)22(29)13-20-17(3)26-27(5)18(20)4/h6-12H,13-14H2,1-5H3. The average molecular weight is 419 g/mol. The SMILES string of the molecule is Cc1ccc2sc(N(Cc3ccccc3)C(=O)Cc3c(C)nn(C)c3C)nc2c1C. The molecule has 6 heteroatoms. The van der Waals surface area contributed by atoms with E-state index in [1.165, 1.54) is 11.1 Å². The number of carbonyl (C=O) groups is 1. The molecule has 0 aliphatic heterocycles. The zero-order valence-electron chi connectivity index (χ0n) is 18.1. The Morgan fingerprint density at radius 2 is 1.80 bits per heavy atom. The molecule has 154 valence electrons. The van der Waals surface area contributed by atoms with Gasteiger partial charge in [-0.25, -0.2) is 4.98 Å². The fraction of sp³-hybridized carbons (Fsp3) is 0.292. The van der Waals surface area contributed by atoms with Crippen LogP contribution in [0.4, 0.5) is 5.13 Å². The van der Waals surface area contributed by atoms with Gasteiger partial charge in [-0.1, -0.05) is 47.7 Å². The molecule has 0 atom stereocenters. The number of aromatic nitrogens is 3. The molecule has 0 bridgehead atoms. The highest BCUT2D eigenvalue weighted by Crippen LogP contribution is 2.33. The average Bonchev–Trinajstić information content (AvgIpc) is 3.26. The van der Waals surface area contributed by atoms with Gasteiger partial charge in [-0.3, -0.25) is 14.4 Å². The Labute approximate surface area is 181 Å². The molecule has 2 aromatic carbocycles. The molecule has 0 unspecified atom stereocenters. The van der Waals surface area contributed by atoms with Crippen LogP contribution >= 0.6 is 11.3 Å². The largest absolute Gasteiger partial charge is 0.283 e. The second-order valence-corrected chi connectivity index (χ2v) is 8.77. The lowest BCUT2D eigenvalue weighted by Gasteiger charge is -2.20. The first-order valence-corrected chi connectivity index (χ1v) is 10.9. The first-order chi connectivity index (χ1) is 14.3. The van der Waals surface area contributed by atoms with Crippen LogP contribution in [-0.2, 0) is 24.8 Å². The van der Waals surface area contributed by atoms with Crippen molar-refractivity contribution in [3.63, 3.8) is 0 Å². The van der Waals surface area contributed by atoms with Crippen LogP contribution in [0.1, 0.15) is 33.6 Å². The van der Waals surface area contributed by atoms with Crippen LogP contribution < -0.4 is 4.90 Å². The van der Waals surface area contributed by atoms with Crippen LogP contribution in [0.2, 0.25) is 0 Å². The Bertz CT molecular complexity index is 1220. The third kappa shape index (κ3) is 3.75. The Hall–Kier alpha value is -2.99. The molecule has 0 aliphatic carbocycles. The van der Waals surface area contributed by atoms with E-state index in [9.17, 15) is 4.79 Å². The summed E-state index contributed by atoms with van der Waals surface area (Å²) in [6.07, 6.45) is 0.312. The molecule has 4 rings (SSSR count). The number of carbonyl (C=O) groups excluding carboxylic acids is 1. The van der Waals surface area contributed by atoms with Gasteiger partial charge in [0.15, 0.2) is 5.13 Å². The molecule has 0 fully saturated rings. The molecule has 2 aromatic heterocycles. The minimum atomic E-state index is 0.0338. The fourth-order valence-electron chi connectivity index (χ4n) is 3.68. The van der Waals surface area contributed by atoms with E-state index in [2.05, 4.69) is 31.1 Å². The van der Waals surface area contributed by atoms with Crippen molar-refractivity contribution < 1.29 is 4.79 Å². The highest BCUT2D eigenvalue weighted by Gasteiger charge is 2.23. The molecule has 30 heavy (non-hydrogen) atoms. The number of benzene rings is 2. The van der Waals surface area contributed by atoms with E-state index in [0.29, 0.717) is 13.0 Å². The van der Waals surface area contributed by atoms with E-state index < -0.39 is 0 Å². The molecule has 5 nitrogen and oxygen atoms in total. The van der Waals surface area contributed by atoms with Gasteiger partial charge in [-0.05, 0) is 50.5 Å². The van der Waals surface area contributed by atoms with Crippen molar-refractivity contribution in [2.75, 3.05) is 4.90 Å². The number of hydrogen-bond acceptors (Lipinski definition) is 4. The van der Waals surface area contributed by atoms with Crippen LogP contribution in [0.25, 0.3) is 10.2 Å². The summed E-state index contributed by atoms with van der Waals surface area (Å²) >= 11 is 1.57. The molecule has 0 saturated carbocycles. The quantitative estimate of drug-likeness (QED) is 0.456. The van der Waals surface area contributed by atoms with Crippen molar-refractivity contribution in [1.29, 1.82) is 0 Å². The number of hydrogen-bond donors (Lipinski definition) is 0. The number of rotatable bonds is 5. The second-order valence-electron chi connectivity index (χ2n) is 7.77. The molecule has 0 spiro atoms. The summed E-state index contributed by atoms with van der Waals surface area (Å²) in [5, 5.41) is 5.21. The maximum absolute atomic E-state index is 13.5. The number of aryl methyl sites for hydroxylation is 4. The number of fused-ring (bicyclic) bond motifs is 1. The van der Waals surface area contributed by atoms with Gasteiger partial charge in [0, 0.05) is 18.3 Å². The third-order valence-corrected chi connectivity index (χ3v) is 6.82. The summed E-state index contributed by atoms with van der Waals surface area (Å²) in [5.41, 5.74) is 7.36. The maximum Gasteiger partial charge on any atom is 0.233 e. The molecule has 4 aromatic rings. The van der Waals surface area contributed by atoms with Gasteiger partial charge in [0.05, 0.1) is 28.9 Å². The topological polar surface area (TPSA) is 51.0 Å². The first kappa shape index (κ1) is 20.3. The fourth-order valence-corrected chi connectivity index (χ4v) is 4.72. The van der Waals surface area contributed by atoms with Crippen molar-refractivity contribution in [3.05, 3.63) is 76.1 Å². The van der Waals surface area contributed by atoms with E-state index in [1.807, 2.05) is 60.8 Å². The number of anilines is 1. The van der Waals surface area contributed by atoms with Crippen LogP contribution in [0.3, 0.4) is 0 Å². The van der Waals surface area contributed by atoms with Crippen LogP contribution in [-0.4, -0.2) is 20.7 Å². The Morgan fingerprint density at radius 1 is 1.07 bits per heavy atom. The van der Waals surface area contributed by atoms with Crippen LogP contribution in [0.15, 0.2) is 42.5 Å². The van der Waals surface area contributed by atoms with E-state index in [4.69, 9.17) is 4.98 Å². The molecule has 2 heterocycles. The summed E-state index contributed by atoms with van der Waals surface area (Å²) in [5.74, 6) is 0.0338. The third-order valence-electron chi connectivity index (χ3n) is 5.78. The zero-order chi connectivity index (χ0) is 21.4. The summed E-state index contributed by atoms with van der Waals surface area (Å²) in [6.45, 7) is 8.65. The summed E-state index contributed by atoms with van der Waals surface area (Å²) in [7, 11) is 1.91. The number of nitrogens with zero attached hydrogens (tertiary/aromatic N) is 4. The smallest absolute Gasteiger partial charge is 0.233 e. The van der Waals surface area contributed by atoms with Crippen LogP contribution in [0, 0.1) is 27.7 Å². The molecule has 0 radical (unpaired) electrons. The van der Waals surface area contributed by atoms with Gasteiger partial charge in [0.1, 0.15) is 0 Å². The molecule has 0 N–H and O–H groups in total. The predicted octanol–water partition coefficient (Wildman–Crippen LogP) is 5.04. The second kappa shape index (κ2) is 8.03. The monoisotopic (exact) mass is 418 g/mol. The minimum Gasteiger partial charge on any atom is -0.283 e. The number of thiazole rings is 1. The lowest BCUT2D eigenvalue weighted by atomic mass is 10.1. The van der Waals surface area contributed by atoms with E-state index >= 15 is 0 Å². The van der Waals surface area contributed by atoms with Crippen molar-refractivity contribution >= 4 is 32.6 Å².